The molecule has 1 aromatic carbocycles. The predicted molar refractivity (Wildman–Crippen MR) is 122 cm³/mol. The molecule has 1 aliphatic heterocycles. The number of carbonyl (C=O) groups is 1. The molecule has 0 atom stereocenters. The van der Waals surface area contributed by atoms with Crippen molar-refractivity contribution in [1.29, 1.82) is 0 Å². The fourth-order valence-corrected chi connectivity index (χ4v) is 5.07. The van der Waals surface area contributed by atoms with Crippen LogP contribution < -0.4 is 10.5 Å². The molecule has 0 radical (unpaired) electrons. The summed E-state index contributed by atoms with van der Waals surface area (Å²) >= 11 is 1.33. The molecule has 8 heteroatoms. The number of benzene rings is 1. The van der Waals surface area contributed by atoms with Crippen molar-refractivity contribution >= 4 is 33.1 Å². The average Bonchev–Trinajstić information content (AvgIpc) is 3.04. The van der Waals surface area contributed by atoms with Gasteiger partial charge in [0.25, 0.3) is 11.5 Å². The molecule has 7 nitrogen and oxygen atoms in total. The van der Waals surface area contributed by atoms with Crippen LogP contribution in [0, 0.1) is 13.8 Å². The quantitative estimate of drug-likeness (QED) is 0.696. The standard InChI is InChI=1S/C22H27N5O2S/c1-14-6-5-7-16(12-14)26-8-10-27(11-9-26)22(29)19-15(2)18-20(28)23-17(13-25(3)4)24-21(18)30-19/h5-7,12H,8-11,13H2,1-4H3,(H,23,24,28). The van der Waals surface area contributed by atoms with Gasteiger partial charge < -0.3 is 19.7 Å². The first-order chi connectivity index (χ1) is 14.3. The van der Waals surface area contributed by atoms with Gasteiger partial charge in [-0.3, -0.25) is 9.59 Å². The molecule has 1 aliphatic rings. The lowest BCUT2D eigenvalue weighted by Gasteiger charge is -2.36. The average molecular weight is 426 g/mol. The molecule has 0 bridgehead atoms. The molecule has 30 heavy (non-hydrogen) atoms. The molecule has 1 fully saturated rings. The molecule has 0 unspecified atom stereocenters. The van der Waals surface area contributed by atoms with E-state index in [-0.39, 0.29) is 11.5 Å². The summed E-state index contributed by atoms with van der Waals surface area (Å²) in [6.07, 6.45) is 0. The van der Waals surface area contributed by atoms with Gasteiger partial charge in [-0.25, -0.2) is 4.98 Å². The highest BCUT2D eigenvalue weighted by atomic mass is 32.1. The van der Waals surface area contributed by atoms with Gasteiger partial charge in [0.05, 0.1) is 16.8 Å². The molecule has 1 N–H and O–H groups in total. The van der Waals surface area contributed by atoms with Crippen molar-refractivity contribution in [3.05, 3.63) is 56.4 Å². The Morgan fingerprint density at radius 1 is 1.20 bits per heavy atom. The molecule has 3 aromatic rings. The number of nitrogens with one attached hydrogen (secondary N) is 1. The van der Waals surface area contributed by atoms with E-state index >= 15 is 0 Å². The highest BCUT2D eigenvalue weighted by Crippen LogP contribution is 2.29. The smallest absolute Gasteiger partial charge is 0.264 e. The number of aromatic amines is 1. The minimum Gasteiger partial charge on any atom is -0.368 e. The number of thiophene rings is 1. The second-order valence-electron chi connectivity index (χ2n) is 8.10. The zero-order valence-electron chi connectivity index (χ0n) is 17.9. The van der Waals surface area contributed by atoms with Gasteiger partial charge in [0.15, 0.2) is 0 Å². The number of H-pyrrole nitrogens is 1. The number of hydrogen-bond acceptors (Lipinski definition) is 6. The summed E-state index contributed by atoms with van der Waals surface area (Å²) in [6.45, 7) is 7.40. The van der Waals surface area contributed by atoms with Gasteiger partial charge in [0.1, 0.15) is 10.7 Å². The van der Waals surface area contributed by atoms with Crippen molar-refractivity contribution in [2.24, 2.45) is 0 Å². The van der Waals surface area contributed by atoms with Crippen LogP contribution in [0.4, 0.5) is 5.69 Å². The number of carbonyl (C=O) groups excluding carboxylic acids is 1. The maximum atomic E-state index is 13.2. The van der Waals surface area contributed by atoms with E-state index in [4.69, 9.17) is 0 Å². The first-order valence-corrected chi connectivity index (χ1v) is 10.9. The molecule has 1 saturated heterocycles. The van der Waals surface area contributed by atoms with Crippen LogP contribution >= 0.6 is 11.3 Å². The molecule has 2 aromatic heterocycles. The SMILES string of the molecule is Cc1cccc(N2CCN(C(=O)c3sc4nc(CN(C)C)[nH]c(=O)c4c3C)CC2)c1. The van der Waals surface area contributed by atoms with E-state index in [1.807, 2.05) is 30.8 Å². The van der Waals surface area contributed by atoms with Crippen LogP contribution in [0.25, 0.3) is 10.2 Å². The third-order valence-electron chi connectivity index (χ3n) is 5.44. The normalized spacial score (nSPS) is 14.7. The van der Waals surface area contributed by atoms with Gasteiger partial charge in [0.2, 0.25) is 0 Å². The van der Waals surface area contributed by atoms with Crippen LogP contribution in [-0.4, -0.2) is 65.9 Å². The van der Waals surface area contributed by atoms with E-state index in [0.29, 0.717) is 40.6 Å². The Hall–Kier alpha value is -2.71. The Balaban J connectivity index is 1.54. The van der Waals surface area contributed by atoms with E-state index < -0.39 is 0 Å². The second-order valence-corrected chi connectivity index (χ2v) is 9.10. The third-order valence-corrected chi connectivity index (χ3v) is 6.62. The first kappa shape index (κ1) is 20.6. The lowest BCUT2D eigenvalue weighted by atomic mass is 10.1. The number of rotatable bonds is 4. The van der Waals surface area contributed by atoms with Crippen LogP contribution in [0.2, 0.25) is 0 Å². The lowest BCUT2D eigenvalue weighted by Crippen LogP contribution is -2.48. The Labute approximate surface area is 179 Å². The summed E-state index contributed by atoms with van der Waals surface area (Å²) in [6, 6.07) is 8.45. The molecule has 0 spiro atoms. The zero-order valence-corrected chi connectivity index (χ0v) is 18.7. The molecule has 0 saturated carbocycles. The number of anilines is 1. The number of amides is 1. The van der Waals surface area contributed by atoms with E-state index in [1.54, 1.807) is 0 Å². The summed E-state index contributed by atoms with van der Waals surface area (Å²) < 4.78 is 0. The number of aromatic nitrogens is 2. The Kier molecular flexibility index (Phi) is 5.62. The first-order valence-electron chi connectivity index (χ1n) is 10.1. The molecule has 158 valence electrons. The summed E-state index contributed by atoms with van der Waals surface area (Å²) in [5, 5.41) is 0.532. The number of hydrogen-bond donors (Lipinski definition) is 1. The van der Waals surface area contributed by atoms with Gasteiger partial charge in [0, 0.05) is 31.9 Å². The van der Waals surface area contributed by atoms with Crippen molar-refractivity contribution in [2.45, 2.75) is 20.4 Å². The van der Waals surface area contributed by atoms with E-state index in [0.717, 1.165) is 18.7 Å². The highest BCUT2D eigenvalue weighted by molar-refractivity contribution is 7.20. The van der Waals surface area contributed by atoms with Crippen LogP contribution in [0.1, 0.15) is 26.6 Å². The largest absolute Gasteiger partial charge is 0.368 e. The van der Waals surface area contributed by atoms with Gasteiger partial charge in [-0.2, -0.15) is 0 Å². The fourth-order valence-electron chi connectivity index (χ4n) is 3.90. The summed E-state index contributed by atoms with van der Waals surface area (Å²) in [5.41, 5.74) is 2.99. The number of piperazine rings is 1. The molecule has 4 rings (SSSR count). The van der Waals surface area contributed by atoms with E-state index in [9.17, 15) is 9.59 Å². The Bertz CT molecular complexity index is 1140. The predicted octanol–water partition coefficient (Wildman–Crippen LogP) is 2.63. The van der Waals surface area contributed by atoms with E-state index in [2.05, 4.69) is 46.1 Å². The minimum absolute atomic E-state index is 0.00653. The monoisotopic (exact) mass is 425 g/mol. The third kappa shape index (κ3) is 3.97. The van der Waals surface area contributed by atoms with Crippen molar-refractivity contribution in [3.8, 4) is 0 Å². The number of nitrogens with zero attached hydrogens (tertiary/aromatic N) is 4. The number of fused-ring (bicyclic) bond motifs is 1. The molecule has 3 heterocycles. The van der Waals surface area contributed by atoms with Crippen molar-refractivity contribution in [3.63, 3.8) is 0 Å². The van der Waals surface area contributed by atoms with E-state index in [1.165, 1.54) is 22.6 Å². The van der Waals surface area contributed by atoms with Gasteiger partial charge in [-0.1, -0.05) is 12.1 Å². The fraction of sp³-hybridized carbons (Fsp3) is 0.409. The van der Waals surface area contributed by atoms with Gasteiger partial charge in [-0.05, 0) is 51.2 Å². The topological polar surface area (TPSA) is 72.5 Å². The zero-order chi connectivity index (χ0) is 21.4. The highest BCUT2D eigenvalue weighted by Gasteiger charge is 2.26. The summed E-state index contributed by atoms with van der Waals surface area (Å²) in [7, 11) is 3.85. The lowest BCUT2D eigenvalue weighted by molar-refractivity contribution is 0.0751. The summed E-state index contributed by atoms with van der Waals surface area (Å²) in [5.74, 6) is 0.609. The van der Waals surface area contributed by atoms with Gasteiger partial charge in [-0.15, -0.1) is 11.3 Å². The van der Waals surface area contributed by atoms with Crippen molar-refractivity contribution < 1.29 is 4.79 Å². The Morgan fingerprint density at radius 2 is 1.93 bits per heavy atom. The minimum atomic E-state index is -0.172. The molecule has 0 aliphatic carbocycles. The van der Waals surface area contributed by atoms with Crippen molar-refractivity contribution in [1.82, 2.24) is 19.8 Å². The van der Waals surface area contributed by atoms with Crippen LogP contribution in [0.3, 0.4) is 0 Å². The Morgan fingerprint density at radius 3 is 2.60 bits per heavy atom. The molecular weight excluding hydrogens is 398 g/mol. The summed E-state index contributed by atoms with van der Waals surface area (Å²) in [4.78, 5) is 40.7. The second kappa shape index (κ2) is 8.20. The van der Waals surface area contributed by atoms with Crippen LogP contribution in [0.5, 0.6) is 0 Å². The molecular formula is C22H27N5O2S. The van der Waals surface area contributed by atoms with Crippen LogP contribution in [0.15, 0.2) is 29.1 Å². The van der Waals surface area contributed by atoms with Crippen LogP contribution in [-0.2, 0) is 6.54 Å². The maximum Gasteiger partial charge on any atom is 0.264 e. The molecule has 1 amide bonds. The maximum absolute atomic E-state index is 13.2. The van der Waals surface area contributed by atoms with Gasteiger partial charge >= 0.3 is 0 Å². The number of aryl methyl sites for hydroxylation is 2. The van der Waals surface area contributed by atoms with Crippen molar-refractivity contribution in [2.75, 3.05) is 45.2 Å².